The van der Waals surface area contributed by atoms with Gasteiger partial charge in [-0.3, -0.25) is 14.5 Å². The Morgan fingerprint density at radius 1 is 0.806 bits per heavy atom. The van der Waals surface area contributed by atoms with Crippen LogP contribution in [-0.4, -0.2) is 144 Å². The molecule has 3 aliphatic carbocycles. The Morgan fingerprint density at radius 3 is 2.19 bits per heavy atom. The van der Waals surface area contributed by atoms with Gasteiger partial charge in [0.25, 0.3) is 0 Å². The predicted molar refractivity (Wildman–Crippen MR) is 231 cm³/mol. The molecule has 13 heteroatoms. The van der Waals surface area contributed by atoms with Crippen molar-refractivity contribution < 1.29 is 52.2 Å². The summed E-state index contributed by atoms with van der Waals surface area (Å²) in [5.74, 6) is 0.852. The number of carbonyl (C=O) groups is 2. The summed E-state index contributed by atoms with van der Waals surface area (Å²) in [6.45, 7) is 9.01. The van der Waals surface area contributed by atoms with Crippen LogP contribution in [0.3, 0.4) is 0 Å². The van der Waals surface area contributed by atoms with Crippen LogP contribution < -0.4 is 4.74 Å². The Bertz CT molecular complexity index is 1730. The van der Waals surface area contributed by atoms with Gasteiger partial charge in [0.05, 0.1) is 37.9 Å². The summed E-state index contributed by atoms with van der Waals surface area (Å²) in [7, 11) is 10.9. The second-order valence-corrected chi connectivity index (χ2v) is 19.6. The second kappa shape index (κ2) is 19.6. The summed E-state index contributed by atoms with van der Waals surface area (Å²) in [4.78, 5) is 34.1. The van der Waals surface area contributed by atoms with Gasteiger partial charge in [0.1, 0.15) is 30.2 Å². The number of ketones is 1. The first-order chi connectivity index (χ1) is 29.9. The summed E-state index contributed by atoms with van der Waals surface area (Å²) < 4.78 is 56.2. The number of ether oxygens (including phenoxy) is 9. The van der Waals surface area contributed by atoms with Crippen molar-refractivity contribution in [2.45, 2.75) is 172 Å². The van der Waals surface area contributed by atoms with E-state index < -0.39 is 18.3 Å². The summed E-state index contributed by atoms with van der Waals surface area (Å²) >= 11 is 0. The molecule has 4 unspecified atom stereocenters. The van der Waals surface area contributed by atoms with E-state index in [4.69, 9.17) is 42.6 Å². The fourth-order valence-electron chi connectivity index (χ4n) is 12.9. The average Bonchev–Trinajstić information content (AvgIpc) is 3.58. The molecule has 2 saturated carbocycles. The molecule has 6 fully saturated rings. The smallest absolute Gasteiger partial charge is 0.306 e. The van der Waals surface area contributed by atoms with E-state index in [2.05, 4.69) is 56.0 Å². The first kappa shape index (κ1) is 46.1. The Morgan fingerprint density at radius 2 is 1.53 bits per heavy atom. The number of hydrogen-bond donors (Lipinski definition) is 0. The third kappa shape index (κ3) is 9.05. The zero-order chi connectivity index (χ0) is 44.0. The van der Waals surface area contributed by atoms with E-state index in [0.29, 0.717) is 24.4 Å². The molecule has 0 radical (unpaired) electrons. The summed E-state index contributed by atoms with van der Waals surface area (Å²) in [5, 5.41) is 0. The number of fused-ring (bicyclic) bond motifs is 8. The Kier molecular flexibility index (Phi) is 14.5. The van der Waals surface area contributed by atoms with Crippen molar-refractivity contribution in [2.75, 3.05) is 42.5 Å². The molecule has 4 heterocycles. The lowest BCUT2D eigenvalue weighted by Crippen LogP contribution is -2.59. The number of allylic oxidation sites excluding steroid dienone is 2. The number of methoxy groups -OCH3 is 4. The van der Waals surface area contributed by atoms with Gasteiger partial charge in [0, 0.05) is 57.8 Å². The molecule has 4 aliphatic heterocycles. The number of esters is 1. The molecule has 0 aromatic heterocycles. The van der Waals surface area contributed by atoms with Gasteiger partial charge in [-0.1, -0.05) is 32.1 Å². The van der Waals surface area contributed by atoms with Crippen molar-refractivity contribution in [1.82, 2.24) is 9.80 Å². The van der Waals surface area contributed by atoms with Gasteiger partial charge in [-0.15, -0.1) is 0 Å². The Hall–Kier alpha value is -2.46. The van der Waals surface area contributed by atoms with E-state index in [1.54, 1.807) is 28.4 Å². The molecular formula is C49H74N2O11. The summed E-state index contributed by atoms with van der Waals surface area (Å²) in [6.07, 6.45) is 5.99. The largest absolute Gasteiger partial charge is 0.497 e. The highest BCUT2D eigenvalue weighted by Crippen LogP contribution is 2.64. The zero-order valence-electron chi connectivity index (χ0n) is 38.8. The van der Waals surface area contributed by atoms with Crippen LogP contribution in [0.4, 0.5) is 0 Å². The highest BCUT2D eigenvalue weighted by atomic mass is 16.7. The highest BCUT2D eigenvalue weighted by Gasteiger charge is 2.69. The lowest BCUT2D eigenvalue weighted by atomic mass is 9.66. The molecule has 346 valence electrons. The minimum Gasteiger partial charge on any atom is -0.497 e. The second-order valence-electron chi connectivity index (χ2n) is 19.6. The fourth-order valence-corrected chi connectivity index (χ4v) is 12.9. The van der Waals surface area contributed by atoms with Gasteiger partial charge >= 0.3 is 5.97 Å². The molecule has 1 aromatic rings. The molecule has 1 aromatic carbocycles. The molecule has 4 saturated heterocycles. The van der Waals surface area contributed by atoms with Crippen molar-refractivity contribution in [1.29, 1.82) is 0 Å². The van der Waals surface area contributed by atoms with E-state index in [1.807, 2.05) is 26.0 Å². The number of carbonyl (C=O) groups excluding carboxylic acids is 2. The fraction of sp³-hybridized carbons (Fsp3) is 0.796. The van der Waals surface area contributed by atoms with Crippen molar-refractivity contribution >= 4 is 11.8 Å². The molecule has 20 atom stereocenters. The topological polar surface area (TPSA) is 123 Å². The van der Waals surface area contributed by atoms with Gasteiger partial charge in [-0.05, 0) is 126 Å². The van der Waals surface area contributed by atoms with Crippen LogP contribution in [0, 0.1) is 35.5 Å². The molecule has 0 N–H and O–H groups in total. The van der Waals surface area contributed by atoms with E-state index in [0.717, 1.165) is 62.8 Å². The van der Waals surface area contributed by atoms with Crippen LogP contribution in [0.25, 0.3) is 0 Å². The highest BCUT2D eigenvalue weighted by molar-refractivity contribution is 5.99. The maximum absolute atomic E-state index is 15.2. The van der Waals surface area contributed by atoms with Crippen molar-refractivity contribution in [2.24, 2.45) is 35.5 Å². The van der Waals surface area contributed by atoms with E-state index in [-0.39, 0.29) is 96.9 Å². The van der Waals surface area contributed by atoms with Crippen LogP contribution >= 0.6 is 0 Å². The molecule has 0 bridgehead atoms. The predicted octanol–water partition coefficient (Wildman–Crippen LogP) is 6.19. The zero-order valence-corrected chi connectivity index (χ0v) is 38.8. The Labute approximate surface area is 369 Å². The third-order valence-corrected chi connectivity index (χ3v) is 16.1. The lowest BCUT2D eigenvalue weighted by molar-refractivity contribution is -0.314. The number of cyclic esters (lactones) is 1. The first-order valence-electron chi connectivity index (χ1n) is 23.6. The summed E-state index contributed by atoms with van der Waals surface area (Å²) in [5.41, 5.74) is 2.00. The Balaban J connectivity index is 1.10. The maximum Gasteiger partial charge on any atom is 0.306 e. The molecular weight excluding hydrogens is 793 g/mol. The molecule has 0 spiro atoms. The normalized spacial score (nSPS) is 44.5. The first-order valence-corrected chi connectivity index (χ1v) is 23.6. The molecule has 8 rings (SSSR count). The van der Waals surface area contributed by atoms with Crippen molar-refractivity contribution in [3.8, 4) is 5.75 Å². The third-order valence-electron chi connectivity index (χ3n) is 16.1. The van der Waals surface area contributed by atoms with Gasteiger partial charge in [-0.25, -0.2) is 0 Å². The maximum atomic E-state index is 15.2. The minimum atomic E-state index is -0.625. The number of nitrogens with zero attached hydrogens (tertiary/aromatic N) is 2. The van der Waals surface area contributed by atoms with Gasteiger partial charge in [0.2, 0.25) is 0 Å². The van der Waals surface area contributed by atoms with E-state index in [1.165, 1.54) is 5.56 Å². The van der Waals surface area contributed by atoms with E-state index >= 15 is 4.79 Å². The lowest BCUT2D eigenvalue weighted by Gasteiger charge is -2.44. The molecule has 7 aliphatic rings. The molecule has 62 heavy (non-hydrogen) atoms. The van der Waals surface area contributed by atoms with Crippen molar-refractivity contribution in [3.05, 3.63) is 41.5 Å². The van der Waals surface area contributed by atoms with Crippen LogP contribution in [0.2, 0.25) is 0 Å². The van der Waals surface area contributed by atoms with Gasteiger partial charge in [-0.2, -0.15) is 0 Å². The SMILES string of the molecule is CC[C@H]1CCC[C@H](O[C@H]2CC[C@H](N(C)C)C(C)O2)[C@@H](C)C(=O)C2=C[C@H]3[C@@H]4C[C@H](O[C@@H]5OC(C)[C@H](OC)[C@@H](OC)C5OC)C[C@H]4[C@H]4[C@@H]([C@H]3[C@@H]2CC(=O)O1)N4Cc1ccc(OC)cc1. The standard InChI is InChI=1S/C49H74N2O11/c1-11-30-13-12-14-39(62-41-20-19-38(50(5)6)27(3)58-41)26(2)45(53)37-23-34-33-21-32(61-49-48(57-10)47(56-9)46(55-8)28(4)59-49)22-36(33)43-44(42(34)35(37)24-40(52)60-30)51(43)25-29-15-17-31(54-7)18-16-29/h15-18,23,26-28,30,32-36,38-39,41-44,46-49H,11-14,19-22,24-25H2,1-10H3/t26-,27?,28?,30+,32+,33+,34+,35-,36-,38+,39+,41+,42-,43+,44-,46+,47-,48?,49+,51?/m1/s1. The number of Topliss-reactive ketones (excluding diaryl/α,β-unsaturated/α-hetero) is 1. The number of hydrogen-bond acceptors (Lipinski definition) is 13. The van der Waals surface area contributed by atoms with Gasteiger partial charge < -0.3 is 47.5 Å². The molecule has 13 nitrogen and oxygen atoms in total. The number of rotatable bonds is 12. The quantitative estimate of drug-likeness (QED) is 0.176. The molecule has 0 amide bonds. The number of benzene rings is 1. The van der Waals surface area contributed by atoms with Crippen LogP contribution in [0.15, 0.2) is 35.9 Å². The number of likely N-dealkylation sites (tertiary alicyclic amines) is 1. The van der Waals surface area contributed by atoms with Gasteiger partial charge in [0.15, 0.2) is 18.4 Å². The van der Waals surface area contributed by atoms with Crippen LogP contribution in [0.5, 0.6) is 5.75 Å². The van der Waals surface area contributed by atoms with Crippen LogP contribution in [-0.2, 0) is 54.0 Å². The van der Waals surface area contributed by atoms with E-state index in [9.17, 15) is 4.79 Å². The minimum absolute atomic E-state index is 0.0200. The van der Waals surface area contributed by atoms with Crippen LogP contribution in [0.1, 0.15) is 91.0 Å². The number of likely N-dealkylation sites (N-methyl/N-ethyl adjacent to an activating group) is 1. The average molecular weight is 867 g/mol. The summed E-state index contributed by atoms with van der Waals surface area (Å²) in [6, 6.07) is 9.15. The van der Waals surface area contributed by atoms with Crippen molar-refractivity contribution in [3.63, 3.8) is 0 Å². The monoisotopic (exact) mass is 867 g/mol.